The van der Waals surface area contributed by atoms with Gasteiger partial charge in [0.15, 0.2) is 11.5 Å². The zero-order chi connectivity index (χ0) is 21.9. The third-order valence-electron chi connectivity index (χ3n) is 4.42. The fourth-order valence-corrected chi connectivity index (χ4v) is 3.21. The first kappa shape index (κ1) is 23.2. The molecule has 0 spiro atoms. The number of nitrogens with zero attached hydrogens (tertiary/aromatic N) is 1. The molecule has 0 fully saturated rings. The highest BCUT2D eigenvalue weighted by atomic mass is 35.5. The summed E-state index contributed by atoms with van der Waals surface area (Å²) in [6, 6.07) is 16.9. The van der Waals surface area contributed by atoms with Gasteiger partial charge in [-0.1, -0.05) is 41.4 Å². The van der Waals surface area contributed by atoms with E-state index in [9.17, 15) is 0 Å². The van der Waals surface area contributed by atoms with Crippen LogP contribution in [0.3, 0.4) is 0 Å². The van der Waals surface area contributed by atoms with Crippen molar-refractivity contribution in [2.45, 2.75) is 26.5 Å². The van der Waals surface area contributed by atoms with Crippen LogP contribution in [0.5, 0.6) is 17.4 Å². The van der Waals surface area contributed by atoms with E-state index < -0.39 is 0 Å². The van der Waals surface area contributed by atoms with Gasteiger partial charge in [-0.05, 0) is 55.3 Å². The van der Waals surface area contributed by atoms with Crippen LogP contribution in [0.1, 0.15) is 24.5 Å². The largest absolute Gasteiger partial charge is 0.490 e. The Morgan fingerprint density at radius 3 is 2.48 bits per heavy atom. The normalized spacial score (nSPS) is 10.7. The summed E-state index contributed by atoms with van der Waals surface area (Å²) in [5, 5.41) is 4.71. The van der Waals surface area contributed by atoms with Crippen LogP contribution in [0.4, 0.5) is 0 Å². The highest BCUT2D eigenvalue weighted by molar-refractivity contribution is 6.31. The lowest BCUT2D eigenvalue weighted by Crippen LogP contribution is -2.17. The average Bonchev–Trinajstić information content (AvgIpc) is 2.78. The molecule has 2 aromatic carbocycles. The molecule has 3 rings (SSSR count). The molecule has 7 heteroatoms. The van der Waals surface area contributed by atoms with Gasteiger partial charge < -0.3 is 19.5 Å². The molecule has 1 aromatic heterocycles. The highest BCUT2D eigenvalue weighted by Gasteiger charge is 2.11. The molecule has 0 amide bonds. The van der Waals surface area contributed by atoms with Crippen molar-refractivity contribution in [2.75, 3.05) is 19.8 Å². The molecular weight excluding hydrogens is 435 g/mol. The van der Waals surface area contributed by atoms with E-state index in [2.05, 4.69) is 10.3 Å². The molecule has 1 heterocycles. The minimum Gasteiger partial charge on any atom is -0.490 e. The Bertz CT molecular complexity index is 938. The van der Waals surface area contributed by atoms with Gasteiger partial charge in [-0.3, -0.25) is 0 Å². The second kappa shape index (κ2) is 12.4. The van der Waals surface area contributed by atoms with Crippen LogP contribution in [-0.2, 0) is 13.2 Å². The number of aromatic nitrogens is 1. The first-order valence-corrected chi connectivity index (χ1v) is 11.0. The summed E-state index contributed by atoms with van der Waals surface area (Å²) in [6.07, 6.45) is 2.57. The van der Waals surface area contributed by atoms with E-state index in [1.807, 2.05) is 61.5 Å². The van der Waals surface area contributed by atoms with Gasteiger partial charge in [-0.25, -0.2) is 4.98 Å². The molecular formula is C24H26Cl2N2O3. The van der Waals surface area contributed by atoms with Crippen molar-refractivity contribution in [1.29, 1.82) is 0 Å². The van der Waals surface area contributed by atoms with Gasteiger partial charge in [0.2, 0.25) is 5.88 Å². The summed E-state index contributed by atoms with van der Waals surface area (Å²) in [5.41, 5.74) is 1.97. The van der Waals surface area contributed by atoms with Gasteiger partial charge in [0.1, 0.15) is 6.61 Å². The lowest BCUT2D eigenvalue weighted by molar-refractivity contribution is 0.269. The first-order valence-electron chi connectivity index (χ1n) is 10.2. The molecule has 0 aliphatic rings. The lowest BCUT2D eigenvalue weighted by atomic mass is 10.2. The van der Waals surface area contributed by atoms with Crippen molar-refractivity contribution in [1.82, 2.24) is 10.3 Å². The van der Waals surface area contributed by atoms with Crippen molar-refractivity contribution < 1.29 is 14.2 Å². The number of ether oxygens (including phenoxy) is 3. The highest BCUT2D eigenvalue weighted by Crippen LogP contribution is 2.34. The van der Waals surface area contributed by atoms with Crippen LogP contribution < -0.4 is 19.5 Å². The topological polar surface area (TPSA) is 52.6 Å². The van der Waals surface area contributed by atoms with E-state index in [-0.39, 0.29) is 0 Å². The average molecular weight is 461 g/mol. The number of halogens is 2. The van der Waals surface area contributed by atoms with Crippen molar-refractivity contribution in [3.8, 4) is 17.4 Å². The molecule has 0 saturated carbocycles. The van der Waals surface area contributed by atoms with E-state index >= 15 is 0 Å². The maximum absolute atomic E-state index is 6.50. The summed E-state index contributed by atoms with van der Waals surface area (Å²) in [4.78, 5) is 4.14. The zero-order valence-corrected chi connectivity index (χ0v) is 19.0. The molecule has 31 heavy (non-hydrogen) atoms. The first-order chi connectivity index (χ1) is 15.2. The summed E-state index contributed by atoms with van der Waals surface area (Å²) < 4.78 is 17.3. The van der Waals surface area contributed by atoms with E-state index in [0.29, 0.717) is 53.8 Å². The molecule has 0 saturated heterocycles. The van der Waals surface area contributed by atoms with Crippen molar-refractivity contribution >= 4 is 23.2 Å². The van der Waals surface area contributed by atoms with Crippen LogP contribution in [0, 0.1) is 0 Å². The summed E-state index contributed by atoms with van der Waals surface area (Å²) in [7, 11) is 0. The molecule has 0 radical (unpaired) electrons. The number of rotatable bonds is 12. The number of nitrogens with one attached hydrogen (secondary N) is 1. The molecule has 0 aliphatic carbocycles. The molecule has 1 N–H and O–H groups in total. The van der Waals surface area contributed by atoms with E-state index in [4.69, 9.17) is 37.4 Å². The smallest absolute Gasteiger partial charge is 0.213 e. The number of hydrogen-bond acceptors (Lipinski definition) is 5. The SMILES string of the molecule is CCOc1cc(CNCCCOc2ccccn2)c(Cl)cc1OCc1ccc(Cl)cc1. The van der Waals surface area contributed by atoms with Crippen molar-refractivity contribution in [2.24, 2.45) is 0 Å². The second-order valence-corrected chi connectivity index (χ2v) is 7.63. The predicted octanol–water partition coefficient (Wildman–Crippen LogP) is 5.92. The van der Waals surface area contributed by atoms with Crippen molar-refractivity contribution in [3.63, 3.8) is 0 Å². The van der Waals surface area contributed by atoms with Gasteiger partial charge in [0.05, 0.1) is 13.2 Å². The van der Waals surface area contributed by atoms with Crippen LogP contribution in [-0.4, -0.2) is 24.7 Å². The standard InChI is InChI=1S/C24H26Cl2N2O3/c1-2-29-22-14-19(16-27-11-5-13-30-24-6-3-4-12-28-24)21(26)15-23(22)31-17-18-7-9-20(25)10-8-18/h3-4,6-10,12,14-15,27H,2,5,11,13,16-17H2,1H3. The maximum atomic E-state index is 6.50. The van der Waals surface area contributed by atoms with Crippen LogP contribution in [0.2, 0.25) is 10.0 Å². The maximum Gasteiger partial charge on any atom is 0.213 e. The Hall–Kier alpha value is -2.47. The molecule has 164 valence electrons. The van der Waals surface area contributed by atoms with Crippen LogP contribution >= 0.6 is 23.2 Å². The third-order valence-corrected chi connectivity index (χ3v) is 5.03. The predicted molar refractivity (Wildman–Crippen MR) is 124 cm³/mol. The Morgan fingerprint density at radius 1 is 0.935 bits per heavy atom. The molecule has 0 bridgehead atoms. The number of hydrogen-bond donors (Lipinski definition) is 1. The molecule has 0 unspecified atom stereocenters. The molecule has 5 nitrogen and oxygen atoms in total. The van der Waals surface area contributed by atoms with Gasteiger partial charge in [-0.2, -0.15) is 0 Å². The van der Waals surface area contributed by atoms with Gasteiger partial charge in [0, 0.05) is 34.9 Å². The summed E-state index contributed by atoms with van der Waals surface area (Å²) in [6.45, 7) is 4.90. The van der Waals surface area contributed by atoms with E-state index in [1.165, 1.54) is 0 Å². The van der Waals surface area contributed by atoms with Gasteiger partial charge in [0.25, 0.3) is 0 Å². The minimum absolute atomic E-state index is 0.404. The molecule has 3 aromatic rings. The van der Waals surface area contributed by atoms with Crippen LogP contribution in [0.15, 0.2) is 60.8 Å². The van der Waals surface area contributed by atoms with Crippen molar-refractivity contribution in [3.05, 3.63) is 82.0 Å². The fourth-order valence-electron chi connectivity index (χ4n) is 2.86. The van der Waals surface area contributed by atoms with Crippen LogP contribution in [0.25, 0.3) is 0 Å². The quantitative estimate of drug-likeness (QED) is 0.339. The minimum atomic E-state index is 0.404. The molecule has 0 atom stereocenters. The second-order valence-electron chi connectivity index (χ2n) is 6.79. The number of pyridine rings is 1. The fraction of sp³-hybridized carbons (Fsp3) is 0.292. The lowest BCUT2D eigenvalue weighted by Gasteiger charge is -2.15. The Kier molecular flexibility index (Phi) is 9.28. The Labute approximate surface area is 193 Å². The number of benzene rings is 2. The summed E-state index contributed by atoms with van der Waals surface area (Å²) in [5.74, 6) is 1.94. The van der Waals surface area contributed by atoms with Gasteiger partial charge >= 0.3 is 0 Å². The Morgan fingerprint density at radius 2 is 1.74 bits per heavy atom. The monoisotopic (exact) mass is 460 g/mol. The summed E-state index contributed by atoms with van der Waals surface area (Å²) >= 11 is 12.4. The van der Waals surface area contributed by atoms with E-state index in [1.54, 1.807) is 6.20 Å². The van der Waals surface area contributed by atoms with Gasteiger partial charge in [-0.15, -0.1) is 0 Å². The van der Waals surface area contributed by atoms with E-state index in [0.717, 1.165) is 24.1 Å². The zero-order valence-electron chi connectivity index (χ0n) is 17.4. The Balaban J connectivity index is 1.50. The third kappa shape index (κ3) is 7.62. The molecule has 0 aliphatic heterocycles.